The molecule has 0 spiro atoms. The van der Waals surface area contributed by atoms with Crippen LogP contribution >= 0.6 is 11.6 Å². The minimum atomic E-state index is -4.58. The zero-order valence-electron chi connectivity index (χ0n) is 14.0. The Morgan fingerprint density at radius 1 is 1.19 bits per heavy atom. The number of aliphatic hydroxyl groups is 1. The number of benzene rings is 1. The molecule has 26 heavy (non-hydrogen) atoms. The van der Waals surface area contributed by atoms with Crippen LogP contribution in [0.5, 0.6) is 0 Å². The molecule has 0 unspecified atom stereocenters. The number of rotatable bonds is 7. The largest absolute Gasteiger partial charge is 0.437 e. The first-order valence-electron chi connectivity index (χ1n) is 7.90. The number of aliphatic hydroxyl groups excluding tert-OH is 1. The molecule has 0 saturated heterocycles. The predicted octanol–water partition coefficient (Wildman–Crippen LogP) is 2.64. The fourth-order valence-electron chi connectivity index (χ4n) is 2.38. The Balaban J connectivity index is 2.06. The lowest BCUT2D eigenvalue weighted by molar-refractivity contribution is -0.138. The molecule has 140 valence electrons. The molecular weight excluding hydrogens is 369 g/mol. The molecular formula is C16H18BClF3N3O2. The molecule has 10 heteroatoms. The van der Waals surface area contributed by atoms with Crippen molar-refractivity contribution in [3.05, 3.63) is 58.1 Å². The van der Waals surface area contributed by atoms with E-state index < -0.39 is 23.9 Å². The second kappa shape index (κ2) is 8.81. The maximum absolute atomic E-state index is 12.7. The molecule has 2 rings (SSSR count). The van der Waals surface area contributed by atoms with Gasteiger partial charge in [0.25, 0.3) is 0 Å². The first-order chi connectivity index (χ1) is 12.2. The fraction of sp³-hybridized carbons (Fsp3) is 0.375. The van der Waals surface area contributed by atoms with Crippen molar-refractivity contribution >= 4 is 18.7 Å². The van der Waals surface area contributed by atoms with Gasteiger partial charge in [-0.25, -0.2) is 9.97 Å². The number of hydrogen-bond acceptors (Lipinski definition) is 5. The van der Waals surface area contributed by atoms with Crippen molar-refractivity contribution in [1.82, 2.24) is 14.8 Å². The van der Waals surface area contributed by atoms with Crippen LogP contribution < -0.4 is 0 Å². The van der Waals surface area contributed by atoms with E-state index in [9.17, 15) is 18.2 Å². The summed E-state index contributed by atoms with van der Waals surface area (Å²) in [5, 5.41) is 18.1. The van der Waals surface area contributed by atoms with Gasteiger partial charge in [0.15, 0.2) is 0 Å². The molecule has 0 aliphatic heterocycles. The van der Waals surface area contributed by atoms with Gasteiger partial charge in [0.05, 0.1) is 6.61 Å². The lowest BCUT2D eigenvalue weighted by Crippen LogP contribution is -2.38. The molecule has 2 aromatic rings. The van der Waals surface area contributed by atoms with E-state index in [1.807, 2.05) is 24.3 Å². The van der Waals surface area contributed by atoms with E-state index in [4.69, 9.17) is 16.7 Å². The van der Waals surface area contributed by atoms with Crippen molar-refractivity contribution in [1.29, 1.82) is 0 Å². The third-order valence-corrected chi connectivity index (χ3v) is 4.07. The third-order valence-electron chi connectivity index (χ3n) is 3.78. The summed E-state index contributed by atoms with van der Waals surface area (Å²) in [5.41, 5.74) is 0.685. The molecule has 0 bridgehead atoms. The van der Waals surface area contributed by atoms with Gasteiger partial charge in [-0.2, -0.15) is 13.2 Å². The number of hydrogen-bond donors (Lipinski definition) is 2. The minimum Gasteiger partial charge on any atom is -0.437 e. The molecule has 1 heterocycles. The summed E-state index contributed by atoms with van der Waals surface area (Å²) in [7, 11) is -0.690. The van der Waals surface area contributed by atoms with Crippen LogP contribution in [0.3, 0.4) is 0 Å². The number of aromatic nitrogens is 2. The van der Waals surface area contributed by atoms with Crippen molar-refractivity contribution < 1.29 is 23.3 Å². The summed E-state index contributed by atoms with van der Waals surface area (Å²) in [6.07, 6.45) is -3.65. The van der Waals surface area contributed by atoms with Crippen LogP contribution in [0.4, 0.5) is 13.2 Å². The summed E-state index contributed by atoms with van der Waals surface area (Å²) in [6, 6.07) is 7.30. The molecule has 0 aliphatic carbocycles. The van der Waals surface area contributed by atoms with Crippen LogP contribution in [0, 0.1) is 0 Å². The standard InChI is InChI=1S/C16H18BClF3N3O2/c1-17(26)24(6-7-25)10-12-4-2-11(3-5-12)8-14-22-9-13(15(18)23-14)16(19,20)21/h2-5,9,25-26H,6-8,10H2,1H3. The Kier molecular flexibility index (Phi) is 6.99. The van der Waals surface area contributed by atoms with Crippen molar-refractivity contribution in [2.24, 2.45) is 0 Å². The molecule has 0 saturated carbocycles. The van der Waals surface area contributed by atoms with Gasteiger partial charge in [-0.1, -0.05) is 35.9 Å². The third kappa shape index (κ3) is 5.67. The van der Waals surface area contributed by atoms with E-state index in [1.165, 1.54) is 0 Å². The number of nitrogens with zero attached hydrogens (tertiary/aromatic N) is 3. The number of halogens is 4. The Bertz CT molecular complexity index is 730. The zero-order valence-corrected chi connectivity index (χ0v) is 14.8. The summed E-state index contributed by atoms with van der Waals surface area (Å²) in [4.78, 5) is 9.16. The normalized spacial score (nSPS) is 11.8. The molecule has 0 atom stereocenters. The lowest BCUT2D eigenvalue weighted by Gasteiger charge is -2.22. The van der Waals surface area contributed by atoms with Gasteiger partial charge >= 0.3 is 13.2 Å². The van der Waals surface area contributed by atoms with Gasteiger partial charge < -0.3 is 14.9 Å². The first kappa shape index (κ1) is 20.6. The minimum absolute atomic E-state index is 0.0605. The lowest BCUT2D eigenvalue weighted by atomic mass is 9.84. The zero-order chi connectivity index (χ0) is 19.3. The Morgan fingerprint density at radius 3 is 2.31 bits per heavy atom. The van der Waals surface area contributed by atoms with Crippen LogP contribution in [-0.2, 0) is 19.1 Å². The molecule has 1 aromatic carbocycles. The van der Waals surface area contributed by atoms with Crippen molar-refractivity contribution in [2.75, 3.05) is 13.2 Å². The average Bonchev–Trinajstić information content (AvgIpc) is 2.55. The second-order valence-electron chi connectivity index (χ2n) is 5.81. The van der Waals surface area contributed by atoms with Gasteiger partial charge in [0, 0.05) is 25.7 Å². The predicted molar refractivity (Wildman–Crippen MR) is 92.6 cm³/mol. The van der Waals surface area contributed by atoms with E-state index in [1.54, 1.807) is 11.6 Å². The molecule has 0 radical (unpaired) electrons. The van der Waals surface area contributed by atoms with E-state index in [2.05, 4.69) is 9.97 Å². The van der Waals surface area contributed by atoms with Crippen molar-refractivity contribution in [3.63, 3.8) is 0 Å². The highest BCUT2D eigenvalue weighted by molar-refractivity contribution is 6.45. The van der Waals surface area contributed by atoms with E-state index >= 15 is 0 Å². The van der Waals surface area contributed by atoms with Gasteiger partial charge in [0.1, 0.15) is 16.5 Å². The molecule has 1 aromatic heterocycles. The van der Waals surface area contributed by atoms with Gasteiger partial charge in [-0.3, -0.25) is 0 Å². The average molecular weight is 388 g/mol. The van der Waals surface area contributed by atoms with Crippen LogP contribution in [0.25, 0.3) is 0 Å². The maximum Gasteiger partial charge on any atom is 0.420 e. The highest BCUT2D eigenvalue weighted by Crippen LogP contribution is 2.33. The number of alkyl halides is 3. The summed E-state index contributed by atoms with van der Waals surface area (Å²) in [5.74, 6) is 0.196. The summed E-state index contributed by atoms with van der Waals surface area (Å²) >= 11 is 5.60. The quantitative estimate of drug-likeness (QED) is 0.565. The van der Waals surface area contributed by atoms with Crippen molar-refractivity contribution in [3.8, 4) is 0 Å². The van der Waals surface area contributed by atoms with Crippen LogP contribution in [0.1, 0.15) is 22.5 Å². The van der Waals surface area contributed by atoms with E-state index in [0.29, 0.717) is 19.3 Å². The Morgan fingerprint density at radius 2 is 1.81 bits per heavy atom. The monoisotopic (exact) mass is 387 g/mol. The highest BCUT2D eigenvalue weighted by Gasteiger charge is 2.34. The van der Waals surface area contributed by atoms with Gasteiger partial charge in [-0.15, -0.1) is 0 Å². The van der Waals surface area contributed by atoms with Gasteiger partial charge in [-0.05, 0) is 17.9 Å². The molecule has 0 aliphatic rings. The van der Waals surface area contributed by atoms with Crippen molar-refractivity contribution in [2.45, 2.75) is 26.0 Å². The van der Waals surface area contributed by atoms with Crippen LogP contribution in [0.15, 0.2) is 30.5 Å². The topological polar surface area (TPSA) is 69.5 Å². The molecule has 0 fully saturated rings. The first-order valence-corrected chi connectivity index (χ1v) is 8.28. The van der Waals surface area contributed by atoms with Crippen LogP contribution in [-0.4, -0.2) is 45.1 Å². The van der Waals surface area contributed by atoms with E-state index in [-0.39, 0.29) is 18.9 Å². The van der Waals surface area contributed by atoms with Gasteiger partial charge in [0.2, 0.25) is 0 Å². The molecule has 0 amide bonds. The van der Waals surface area contributed by atoms with E-state index in [0.717, 1.165) is 11.1 Å². The molecule has 2 N–H and O–H groups in total. The summed E-state index contributed by atoms with van der Waals surface area (Å²) < 4.78 is 38.0. The van der Waals surface area contributed by atoms with Crippen LogP contribution in [0.2, 0.25) is 12.0 Å². The molecule has 5 nitrogen and oxygen atoms in total. The SMILES string of the molecule is CB(O)N(CCO)Cc1ccc(Cc2ncc(C(F)(F)F)c(Cl)n2)cc1. The highest BCUT2D eigenvalue weighted by atomic mass is 35.5. The summed E-state index contributed by atoms with van der Waals surface area (Å²) in [6.45, 7) is 2.36. The Labute approximate surface area is 154 Å². The second-order valence-corrected chi connectivity index (χ2v) is 6.17. The fourth-order valence-corrected chi connectivity index (χ4v) is 2.63. The maximum atomic E-state index is 12.7. The smallest absolute Gasteiger partial charge is 0.420 e. The Hall–Kier alpha value is -1.68.